The van der Waals surface area contributed by atoms with Gasteiger partial charge < -0.3 is 84.8 Å². The van der Waals surface area contributed by atoms with Crippen LogP contribution >= 0.6 is 30.6 Å². The molecular weight excluding hydrogens is 1110 g/mol. The second kappa shape index (κ2) is 21.0. The number of hydrogen-bond acceptors (Lipinski definition) is 27. The first kappa shape index (κ1) is 55.7. The SMILES string of the molecule is COC[C@H]1[C@@H](O)[C@H]([n+]2cn(C)c3c(=O)[nH]c(N)nc32)O[C@@H]1COP(=O)(O)CP(=O)(O)OP(=O)(O)OCC1O[C@@H](n2cnc3c(N)ncnc32)[C@H](OC)[C@@H]1P(=O)(O)OC[C@H]1O[C@@H](n2cnc3c(=O)[nH]c(N)nc32)[C@H](O)[C@@H]1O. The number of nitrogens with one attached hydrogen (secondary N) is 2. The van der Waals surface area contributed by atoms with Crippen molar-refractivity contribution in [2.24, 2.45) is 13.0 Å². The largest absolute Gasteiger partial charge is 0.479 e. The van der Waals surface area contributed by atoms with Gasteiger partial charge in [-0.15, -0.1) is 0 Å². The predicted molar refractivity (Wildman–Crippen MR) is 251 cm³/mol. The molecule has 37 nitrogen and oxygen atoms in total. The lowest BCUT2D eigenvalue weighted by Crippen LogP contribution is -2.45. The van der Waals surface area contributed by atoms with E-state index in [-0.39, 0.29) is 57.8 Å². The highest BCUT2D eigenvalue weighted by molar-refractivity contribution is 7.74. The molecule has 15 N–H and O–H groups in total. The summed E-state index contributed by atoms with van der Waals surface area (Å²) < 4.78 is 108. The summed E-state index contributed by atoms with van der Waals surface area (Å²) in [4.78, 5) is 97.8. The van der Waals surface area contributed by atoms with E-state index in [0.717, 1.165) is 30.7 Å². The average Bonchev–Trinajstić information content (AvgIpc) is 4.21. The van der Waals surface area contributed by atoms with Crippen molar-refractivity contribution < 1.29 is 99.3 Å². The number of aromatic amines is 2. The highest BCUT2D eigenvalue weighted by atomic mass is 31.3. The Labute approximate surface area is 423 Å². The number of nitrogens with zero attached hydrogens (tertiary/aromatic N) is 10. The molecule has 0 saturated carbocycles. The summed E-state index contributed by atoms with van der Waals surface area (Å²) in [6, 6.07) is 0. The van der Waals surface area contributed by atoms with Crippen LogP contribution in [0.4, 0.5) is 17.7 Å². The molecule has 9 rings (SSSR count). The van der Waals surface area contributed by atoms with Crippen molar-refractivity contribution in [3.05, 3.63) is 46.0 Å². The minimum atomic E-state index is -5.85. The normalized spacial score (nSPS) is 30.2. The molecule has 3 saturated heterocycles. The van der Waals surface area contributed by atoms with E-state index in [1.165, 1.54) is 34.2 Å². The number of imidazole rings is 3. The number of fused-ring (bicyclic) bond motifs is 3. The van der Waals surface area contributed by atoms with Crippen LogP contribution in [0, 0.1) is 5.92 Å². The molecule has 3 aliphatic rings. The molecule has 0 spiro atoms. The Morgan fingerprint density at radius 1 is 0.724 bits per heavy atom. The summed E-state index contributed by atoms with van der Waals surface area (Å²) in [7, 11) is -18.2. The van der Waals surface area contributed by atoms with Crippen LogP contribution < -0.4 is 32.9 Å². The number of hydrogen-bond donors (Lipinski definition) is 12. The van der Waals surface area contributed by atoms with E-state index in [9.17, 15) is 62.7 Å². The van der Waals surface area contributed by atoms with Crippen molar-refractivity contribution in [1.82, 2.24) is 53.6 Å². The van der Waals surface area contributed by atoms with Gasteiger partial charge in [0, 0.05) is 20.1 Å². The molecule has 3 aliphatic heterocycles. The molecule has 5 unspecified atom stereocenters. The van der Waals surface area contributed by atoms with Crippen molar-refractivity contribution in [3.8, 4) is 0 Å². The molecule has 0 amide bonds. The maximum Gasteiger partial charge on any atom is 0.479 e. The molecule has 0 aliphatic carbocycles. The predicted octanol–water partition coefficient (Wildman–Crippen LogP) is -3.63. The fraction of sp³-hybridized carbons (Fsp3) is 0.571. The number of aryl methyl sites for hydroxylation is 1. The van der Waals surface area contributed by atoms with Gasteiger partial charge in [0.2, 0.25) is 17.7 Å². The first-order chi connectivity index (χ1) is 35.7. The molecule has 416 valence electrons. The van der Waals surface area contributed by atoms with E-state index in [1.54, 1.807) is 0 Å². The van der Waals surface area contributed by atoms with E-state index in [1.807, 2.05) is 0 Å². The van der Waals surface area contributed by atoms with Crippen LogP contribution in [0.2, 0.25) is 0 Å². The summed E-state index contributed by atoms with van der Waals surface area (Å²) in [5, 5.41) is 33.3. The number of aliphatic hydroxyl groups is 3. The maximum atomic E-state index is 14.4. The van der Waals surface area contributed by atoms with Crippen molar-refractivity contribution >= 4 is 81.8 Å². The molecule has 76 heavy (non-hydrogen) atoms. The molecule has 0 aromatic carbocycles. The van der Waals surface area contributed by atoms with E-state index >= 15 is 0 Å². The number of methoxy groups -OCH3 is 2. The minimum Gasteiger partial charge on any atom is -0.387 e. The van der Waals surface area contributed by atoms with Crippen LogP contribution in [0.3, 0.4) is 0 Å². The first-order valence-corrected chi connectivity index (χ1v) is 28.8. The number of aliphatic hydroxyl groups excluding tert-OH is 3. The van der Waals surface area contributed by atoms with Crippen LogP contribution in [-0.4, -0.2) is 183 Å². The number of phosphoric ester groups is 1. The molecule has 16 atom stereocenters. The summed E-state index contributed by atoms with van der Waals surface area (Å²) in [5.74, 6) is -3.43. The molecule has 9 heterocycles. The third-order valence-corrected chi connectivity index (χ3v) is 20.1. The van der Waals surface area contributed by atoms with Crippen molar-refractivity contribution in [3.63, 3.8) is 0 Å². The van der Waals surface area contributed by atoms with Crippen molar-refractivity contribution in [2.75, 3.05) is 63.8 Å². The Morgan fingerprint density at radius 3 is 2.08 bits per heavy atom. The first-order valence-electron chi connectivity index (χ1n) is 22.1. The highest BCUT2D eigenvalue weighted by Gasteiger charge is 2.58. The molecule has 41 heteroatoms. The standard InChI is InChI=1S/C35H49N15O22P4/c1-47-11-50(28-19(47)30(55)46-35(38)44-28)31-20(51)13(4-64-2)14(69-31)5-66-73(56,57)12-74(58,59)72-76(62,63)68-7-16-24(23(65-3)33(71-16)48-9-41-17-25(36)39-8-40-26(17)48)75(60,61)67-6-15-21(52)22(53)32(70-15)49-10-42-18-27(49)43-34(37)45-29(18)54/h8-11,13-16,20-24,31-33,51-53H,4-7,12H2,1-3H3,(H11-,36,37,38,39,40,43,44,45,46,54,55,56,57,58,59,60,61,62,63)/p+1/t13-,14-,15-,16?,20-,21-,22-,23-,24-,31-,32-,33-/m1/s1. The van der Waals surface area contributed by atoms with Crippen LogP contribution in [0.15, 0.2) is 34.9 Å². The molecule has 3 fully saturated rings. The summed E-state index contributed by atoms with van der Waals surface area (Å²) in [6.07, 6.45) is -10.9. The fourth-order valence-corrected chi connectivity index (χ4v) is 15.9. The smallest absolute Gasteiger partial charge is 0.387 e. The summed E-state index contributed by atoms with van der Waals surface area (Å²) >= 11 is 0. The summed E-state index contributed by atoms with van der Waals surface area (Å²) in [6.45, 7) is -3.22. The van der Waals surface area contributed by atoms with Gasteiger partial charge in [-0.3, -0.25) is 51.5 Å². The number of aromatic nitrogens is 12. The molecule has 0 bridgehead atoms. The lowest BCUT2D eigenvalue weighted by Gasteiger charge is -2.28. The van der Waals surface area contributed by atoms with Crippen LogP contribution in [-0.2, 0) is 66.9 Å². The van der Waals surface area contributed by atoms with Gasteiger partial charge in [-0.2, -0.15) is 4.98 Å². The zero-order valence-corrected chi connectivity index (χ0v) is 43.1. The van der Waals surface area contributed by atoms with Crippen LogP contribution in [0.5, 0.6) is 0 Å². The molecule has 6 aromatic rings. The van der Waals surface area contributed by atoms with Gasteiger partial charge in [0.1, 0.15) is 54.1 Å². The van der Waals surface area contributed by atoms with Crippen molar-refractivity contribution in [1.29, 1.82) is 0 Å². The van der Waals surface area contributed by atoms with Crippen molar-refractivity contribution in [2.45, 2.75) is 67.1 Å². The van der Waals surface area contributed by atoms with Crippen LogP contribution in [0.1, 0.15) is 18.7 Å². The maximum absolute atomic E-state index is 14.4. The van der Waals surface area contributed by atoms with Gasteiger partial charge in [0.15, 0.2) is 47.3 Å². The van der Waals surface area contributed by atoms with E-state index in [0.29, 0.717) is 0 Å². The number of rotatable bonds is 20. The third-order valence-electron chi connectivity index (χ3n) is 12.5. The second-order valence-corrected chi connectivity index (χ2v) is 25.3. The Bertz CT molecular complexity index is 3490. The quantitative estimate of drug-likeness (QED) is 0.0259. The summed E-state index contributed by atoms with van der Waals surface area (Å²) in [5.41, 5.74) is 13.9. The number of phosphoric acid groups is 1. The topological polar surface area (TPSA) is 533 Å². The van der Waals surface area contributed by atoms with Gasteiger partial charge in [-0.05, 0) is 0 Å². The number of ether oxygens (including phenoxy) is 5. The monoisotopic (exact) mass is 1160 g/mol. The van der Waals surface area contributed by atoms with Gasteiger partial charge >= 0.3 is 36.3 Å². The van der Waals surface area contributed by atoms with E-state index in [2.05, 4.69) is 44.2 Å². The van der Waals surface area contributed by atoms with Gasteiger partial charge in [-0.25, -0.2) is 33.4 Å². The fourth-order valence-electron chi connectivity index (χ4n) is 9.15. The molecule has 6 aromatic heterocycles. The number of H-pyrrole nitrogens is 2. The van der Waals surface area contributed by atoms with Gasteiger partial charge in [0.25, 0.3) is 17.1 Å². The average molecular weight is 1160 g/mol. The zero-order chi connectivity index (χ0) is 55.0. The van der Waals surface area contributed by atoms with Gasteiger partial charge in [-0.1, -0.05) is 4.98 Å². The van der Waals surface area contributed by atoms with E-state index < -0.39 is 140 Å². The number of anilines is 3. The van der Waals surface area contributed by atoms with Crippen LogP contribution in [0.25, 0.3) is 33.5 Å². The Kier molecular flexibility index (Phi) is 15.3. The molecule has 0 radical (unpaired) electrons. The Morgan fingerprint density at radius 2 is 1.37 bits per heavy atom. The third kappa shape index (κ3) is 10.8. The zero-order valence-electron chi connectivity index (χ0n) is 39.5. The Balaban J connectivity index is 0.888. The Hall–Kier alpha value is -5.07. The molecular formula is C35H50N15O22P4+. The van der Waals surface area contributed by atoms with E-state index in [4.69, 9.17) is 54.5 Å². The lowest BCUT2D eigenvalue weighted by molar-refractivity contribution is -0.745. The lowest BCUT2D eigenvalue weighted by atomic mass is 9.99. The highest BCUT2D eigenvalue weighted by Crippen LogP contribution is 2.67. The van der Waals surface area contributed by atoms with Gasteiger partial charge in [0.05, 0.1) is 52.2 Å². The number of nitrogens with two attached hydrogens (primary N) is 3. The minimum absolute atomic E-state index is 0.00508. The second-order valence-electron chi connectivity index (χ2n) is 17.5. The number of nitrogen functional groups attached to an aromatic ring is 3.